The Balaban J connectivity index is 2.17. The van der Waals surface area contributed by atoms with Crippen LogP contribution in [0, 0.1) is 0 Å². The van der Waals surface area contributed by atoms with Gasteiger partial charge in [0.25, 0.3) is 0 Å². The van der Waals surface area contributed by atoms with Gasteiger partial charge in [-0.25, -0.2) is 13.1 Å². The van der Waals surface area contributed by atoms with Gasteiger partial charge in [0.1, 0.15) is 5.75 Å². The molecule has 2 N–H and O–H groups in total. The number of alkyl halides is 3. The molecule has 138 valence electrons. The van der Waals surface area contributed by atoms with E-state index in [0.29, 0.717) is 18.8 Å². The largest absolute Gasteiger partial charge is 0.573 e. The second kappa shape index (κ2) is 9.12. The van der Waals surface area contributed by atoms with E-state index in [0.717, 1.165) is 19.3 Å². The van der Waals surface area contributed by atoms with Crippen molar-refractivity contribution in [3.05, 3.63) is 24.3 Å². The number of hydrogen-bond donors (Lipinski definition) is 2. The molecule has 9 heteroatoms. The molecule has 1 rings (SSSR count). The van der Waals surface area contributed by atoms with E-state index in [1.807, 2.05) is 0 Å². The van der Waals surface area contributed by atoms with Crippen LogP contribution >= 0.6 is 0 Å². The molecule has 0 aliphatic heterocycles. The lowest BCUT2D eigenvalue weighted by Crippen LogP contribution is -2.31. The first-order valence-electron chi connectivity index (χ1n) is 7.68. The first kappa shape index (κ1) is 20.6. The van der Waals surface area contributed by atoms with Crippen LogP contribution in [0.3, 0.4) is 0 Å². The molecule has 1 aromatic rings. The predicted octanol–water partition coefficient (Wildman–Crippen LogP) is 3.50. The van der Waals surface area contributed by atoms with Crippen molar-refractivity contribution in [1.29, 1.82) is 0 Å². The van der Waals surface area contributed by atoms with Crippen molar-refractivity contribution in [1.82, 2.24) is 4.72 Å². The van der Waals surface area contributed by atoms with Gasteiger partial charge in [-0.2, -0.15) is 0 Å². The number of rotatable bonds is 10. The highest BCUT2D eigenvalue weighted by Gasteiger charge is 2.30. The molecule has 0 heterocycles. The molecular weight excluding hydrogens is 345 g/mol. The molecule has 1 aromatic carbocycles. The molecular formula is C15H23F3N2O3S. The summed E-state index contributed by atoms with van der Waals surface area (Å²) in [4.78, 5) is 0. The summed E-state index contributed by atoms with van der Waals surface area (Å²) in [7, 11) is -3.21. The maximum Gasteiger partial charge on any atom is 0.573 e. The van der Waals surface area contributed by atoms with Crippen LogP contribution in [-0.2, 0) is 10.0 Å². The van der Waals surface area contributed by atoms with Crippen LogP contribution in [0.2, 0.25) is 0 Å². The molecule has 0 spiro atoms. The third-order valence-corrected chi connectivity index (χ3v) is 5.04. The fourth-order valence-electron chi connectivity index (χ4n) is 1.82. The van der Waals surface area contributed by atoms with E-state index in [1.54, 1.807) is 13.8 Å². The maximum atomic E-state index is 12.0. The number of unbranched alkanes of at least 4 members (excludes halogenated alkanes) is 2. The number of sulfonamides is 1. The van der Waals surface area contributed by atoms with Crippen LogP contribution in [-0.4, -0.2) is 33.1 Å². The summed E-state index contributed by atoms with van der Waals surface area (Å²) in [6, 6.07) is 5.52. The number of benzene rings is 1. The third kappa shape index (κ3) is 8.39. The normalized spacial score (nSPS) is 12.4. The average molecular weight is 368 g/mol. The first-order valence-corrected chi connectivity index (χ1v) is 9.23. The van der Waals surface area contributed by atoms with Crippen molar-refractivity contribution in [3.8, 4) is 5.75 Å². The van der Waals surface area contributed by atoms with Crippen molar-refractivity contribution in [2.75, 3.05) is 18.4 Å². The van der Waals surface area contributed by atoms with Gasteiger partial charge >= 0.3 is 6.36 Å². The summed E-state index contributed by atoms with van der Waals surface area (Å²) < 4.78 is 65.4. The van der Waals surface area contributed by atoms with Crippen LogP contribution in [0.15, 0.2) is 24.3 Å². The zero-order valence-corrected chi connectivity index (χ0v) is 14.5. The summed E-state index contributed by atoms with van der Waals surface area (Å²) in [5.74, 6) is -0.259. The molecule has 0 aliphatic carbocycles. The van der Waals surface area contributed by atoms with Gasteiger partial charge in [-0.3, -0.25) is 0 Å². The summed E-state index contributed by atoms with van der Waals surface area (Å²) in [5.41, 5.74) is 0.699. The summed E-state index contributed by atoms with van der Waals surface area (Å²) in [5, 5.41) is 2.64. The topological polar surface area (TPSA) is 67.4 Å². The minimum atomic E-state index is -4.69. The highest BCUT2D eigenvalue weighted by molar-refractivity contribution is 7.90. The van der Waals surface area contributed by atoms with Crippen LogP contribution in [0.4, 0.5) is 18.9 Å². The number of anilines is 1. The van der Waals surface area contributed by atoms with E-state index in [1.165, 1.54) is 24.3 Å². The van der Waals surface area contributed by atoms with Crippen LogP contribution in [0.5, 0.6) is 5.75 Å². The van der Waals surface area contributed by atoms with Crippen molar-refractivity contribution in [2.24, 2.45) is 0 Å². The van der Waals surface area contributed by atoms with Gasteiger partial charge in [-0.05, 0) is 51.0 Å². The molecule has 0 atom stereocenters. The maximum absolute atomic E-state index is 12.0. The third-order valence-electron chi connectivity index (χ3n) is 3.19. The molecule has 5 nitrogen and oxygen atoms in total. The van der Waals surface area contributed by atoms with Gasteiger partial charge in [-0.15, -0.1) is 13.2 Å². The Morgan fingerprint density at radius 3 is 2.17 bits per heavy atom. The van der Waals surface area contributed by atoms with Crippen molar-refractivity contribution >= 4 is 15.7 Å². The van der Waals surface area contributed by atoms with E-state index < -0.39 is 21.6 Å². The van der Waals surface area contributed by atoms with Crippen molar-refractivity contribution < 1.29 is 26.3 Å². The lowest BCUT2D eigenvalue weighted by molar-refractivity contribution is -0.274. The molecule has 0 unspecified atom stereocenters. The standard InChI is InChI=1S/C15H23F3N2O3S/c1-12(2)24(21,22)20-11-5-3-4-10-19-13-6-8-14(9-7-13)23-15(16,17)18/h6-9,12,19-20H,3-5,10-11H2,1-2H3. The second-order valence-electron chi connectivity index (χ2n) is 5.55. The van der Waals surface area contributed by atoms with Gasteiger partial charge in [0.05, 0.1) is 5.25 Å². The Kier molecular flexibility index (Phi) is 7.82. The molecule has 24 heavy (non-hydrogen) atoms. The van der Waals surface area contributed by atoms with Crippen molar-refractivity contribution in [3.63, 3.8) is 0 Å². The minimum absolute atomic E-state index is 0.259. The summed E-state index contributed by atoms with van der Waals surface area (Å²) in [6.07, 6.45) is -2.30. The summed E-state index contributed by atoms with van der Waals surface area (Å²) in [6.45, 7) is 4.30. The fraction of sp³-hybridized carbons (Fsp3) is 0.600. The molecule has 0 fully saturated rings. The smallest absolute Gasteiger partial charge is 0.406 e. The Morgan fingerprint density at radius 1 is 1.04 bits per heavy atom. The Bertz CT molecular complexity index is 587. The monoisotopic (exact) mass is 368 g/mol. The van der Waals surface area contributed by atoms with Crippen molar-refractivity contribution in [2.45, 2.75) is 44.7 Å². The molecule has 0 saturated carbocycles. The molecule has 0 amide bonds. The van der Waals surface area contributed by atoms with E-state index in [9.17, 15) is 21.6 Å². The second-order valence-corrected chi connectivity index (χ2v) is 7.87. The lowest BCUT2D eigenvalue weighted by atomic mass is 10.2. The predicted molar refractivity (Wildman–Crippen MR) is 87.5 cm³/mol. The van der Waals surface area contributed by atoms with E-state index in [-0.39, 0.29) is 5.75 Å². The SMILES string of the molecule is CC(C)S(=O)(=O)NCCCCCNc1ccc(OC(F)(F)F)cc1. The highest BCUT2D eigenvalue weighted by atomic mass is 32.2. The van der Waals surface area contributed by atoms with Gasteiger partial charge in [0, 0.05) is 18.8 Å². The van der Waals surface area contributed by atoms with Gasteiger partial charge in [0.15, 0.2) is 0 Å². The minimum Gasteiger partial charge on any atom is -0.406 e. The quantitative estimate of drug-likeness (QED) is 0.621. The molecule has 0 radical (unpaired) electrons. The number of nitrogens with one attached hydrogen (secondary N) is 2. The number of hydrogen-bond acceptors (Lipinski definition) is 4. The average Bonchev–Trinajstić information content (AvgIpc) is 2.46. The van der Waals surface area contributed by atoms with E-state index in [4.69, 9.17) is 0 Å². The zero-order chi connectivity index (χ0) is 18.2. The van der Waals surface area contributed by atoms with E-state index in [2.05, 4.69) is 14.8 Å². The Labute approximate surface area is 140 Å². The van der Waals surface area contributed by atoms with Crippen LogP contribution in [0.25, 0.3) is 0 Å². The molecule has 0 bridgehead atoms. The summed E-state index contributed by atoms with van der Waals surface area (Å²) >= 11 is 0. The first-order chi connectivity index (χ1) is 11.1. The number of halogens is 3. The molecule has 0 aromatic heterocycles. The lowest BCUT2D eigenvalue weighted by Gasteiger charge is -2.11. The van der Waals surface area contributed by atoms with E-state index >= 15 is 0 Å². The zero-order valence-electron chi connectivity index (χ0n) is 13.7. The van der Waals surface area contributed by atoms with Crippen LogP contribution < -0.4 is 14.8 Å². The van der Waals surface area contributed by atoms with Crippen LogP contribution in [0.1, 0.15) is 33.1 Å². The molecule has 0 aliphatic rings. The molecule has 0 saturated heterocycles. The van der Waals surface area contributed by atoms with Gasteiger partial charge in [0.2, 0.25) is 10.0 Å². The van der Waals surface area contributed by atoms with Gasteiger partial charge < -0.3 is 10.1 Å². The Hall–Kier alpha value is -1.48. The highest BCUT2D eigenvalue weighted by Crippen LogP contribution is 2.23. The number of ether oxygens (including phenoxy) is 1. The fourth-order valence-corrected chi connectivity index (χ4v) is 2.58. The van der Waals surface area contributed by atoms with Gasteiger partial charge in [-0.1, -0.05) is 6.42 Å². The Morgan fingerprint density at radius 2 is 1.62 bits per heavy atom.